The summed E-state index contributed by atoms with van der Waals surface area (Å²) in [5.41, 5.74) is 6.77. The van der Waals surface area contributed by atoms with Crippen LogP contribution in [0.2, 0.25) is 0 Å². The van der Waals surface area contributed by atoms with Crippen molar-refractivity contribution >= 4 is 21.9 Å². The number of carbonyl (C=O) groups is 1. The van der Waals surface area contributed by atoms with E-state index in [4.69, 9.17) is 10.5 Å². The molecule has 0 aliphatic rings. The van der Waals surface area contributed by atoms with E-state index in [9.17, 15) is 4.79 Å². The zero-order chi connectivity index (χ0) is 12.8. The van der Waals surface area contributed by atoms with E-state index < -0.39 is 0 Å². The Morgan fingerprint density at radius 3 is 2.47 bits per heavy atom. The fraction of sp³-hybridized carbons (Fsp3) is 0.462. The standard InChI is InChI=1S/C13H18BrNO2/c1-9(2)12(15)7-13(16)17-8-10-3-5-11(14)6-4-10/h3-6,9,12H,7-8,15H2,1-2H3. The fourth-order valence-corrected chi connectivity index (χ4v) is 1.50. The number of esters is 1. The Kier molecular flexibility index (Phi) is 5.65. The monoisotopic (exact) mass is 299 g/mol. The summed E-state index contributed by atoms with van der Waals surface area (Å²) in [4.78, 5) is 11.5. The lowest BCUT2D eigenvalue weighted by Crippen LogP contribution is -2.29. The lowest BCUT2D eigenvalue weighted by atomic mass is 10.0. The number of hydrogen-bond donors (Lipinski definition) is 1. The van der Waals surface area contributed by atoms with Crippen molar-refractivity contribution in [3.8, 4) is 0 Å². The van der Waals surface area contributed by atoms with Gasteiger partial charge in [-0.25, -0.2) is 0 Å². The number of rotatable bonds is 5. The van der Waals surface area contributed by atoms with E-state index in [1.807, 2.05) is 38.1 Å². The maximum Gasteiger partial charge on any atom is 0.307 e. The first kappa shape index (κ1) is 14.2. The normalized spacial score (nSPS) is 12.5. The lowest BCUT2D eigenvalue weighted by Gasteiger charge is -2.14. The molecule has 0 radical (unpaired) electrons. The molecule has 0 saturated carbocycles. The van der Waals surface area contributed by atoms with Crippen molar-refractivity contribution in [3.63, 3.8) is 0 Å². The zero-order valence-corrected chi connectivity index (χ0v) is 11.7. The molecular weight excluding hydrogens is 282 g/mol. The highest BCUT2D eigenvalue weighted by Crippen LogP contribution is 2.12. The van der Waals surface area contributed by atoms with Crippen molar-refractivity contribution in [2.24, 2.45) is 11.7 Å². The number of nitrogens with two attached hydrogens (primary N) is 1. The van der Waals surface area contributed by atoms with Gasteiger partial charge in [-0.2, -0.15) is 0 Å². The van der Waals surface area contributed by atoms with Crippen LogP contribution in [0.3, 0.4) is 0 Å². The van der Waals surface area contributed by atoms with Crippen molar-refractivity contribution in [1.29, 1.82) is 0 Å². The quantitative estimate of drug-likeness (QED) is 0.851. The van der Waals surface area contributed by atoms with E-state index in [1.165, 1.54) is 0 Å². The van der Waals surface area contributed by atoms with E-state index in [0.717, 1.165) is 10.0 Å². The molecule has 0 bridgehead atoms. The molecule has 1 unspecified atom stereocenters. The van der Waals surface area contributed by atoms with Crippen molar-refractivity contribution in [3.05, 3.63) is 34.3 Å². The predicted octanol–water partition coefficient (Wildman–Crippen LogP) is 2.87. The third kappa shape index (κ3) is 5.33. The summed E-state index contributed by atoms with van der Waals surface area (Å²) in [6.07, 6.45) is 0.272. The van der Waals surface area contributed by atoms with E-state index in [-0.39, 0.29) is 24.3 Å². The lowest BCUT2D eigenvalue weighted by molar-refractivity contribution is -0.145. The molecule has 1 rings (SSSR count). The van der Waals surface area contributed by atoms with Crippen LogP contribution in [-0.2, 0) is 16.1 Å². The van der Waals surface area contributed by atoms with Gasteiger partial charge >= 0.3 is 5.97 Å². The first-order valence-electron chi connectivity index (χ1n) is 5.64. The Hall–Kier alpha value is -0.870. The Bertz CT molecular complexity index is 362. The zero-order valence-electron chi connectivity index (χ0n) is 10.2. The Morgan fingerprint density at radius 2 is 1.94 bits per heavy atom. The highest BCUT2D eigenvalue weighted by Gasteiger charge is 2.13. The summed E-state index contributed by atoms with van der Waals surface area (Å²) < 4.78 is 6.16. The minimum Gasteiger partial charge on any atom is -0.461 e. The molecular formula is C13H18BrNO2. The fourth-order valence-electron chi connectivity index (χ4n) is 1.23. The van der Waals surface area contributed by atoms with Crippen molar-refractivity contribution in [2.45, 2.75) is 32.9 Å². The van der Waals surface area contributed by atoms with Crippen LogP contribution in [0.25, 0.3) is 0 Å². The van der Waals surface area contributed by atoms with Gasteiger partial charge in [0.2, 0.25) is 0 Å². The van der Waals surface area contributed by atoms with Gasteiger partial charge in [-0.1, -0.05) is 41.9 Å². The molecule has 4 heteroatoms. The van der Waals surface area contributed by atoms with E-state index >= 15 is 0 Å². The topological polar surface area (TPSA) is 52.3 Å². The summed E-state index contributed by atoms with van der Waals surface area (Å²) in [5.74, 6) is 0.0457. The molecule has 0 spiro atoms. The largest absolute Gasteiger partial charge is 0.461 e. The Balaban J connectivity index is 2.35. The average molecular weight is 300 g/mol. The van der Waals surface area contributed by atoms with Crippen LogP contribution in [0.1, 0.15) is 25.8 Å². The number of benzene rings is 1. The summed E-state index contributed by atoms with van der Waals surface area (Å²) in [5, 5.41) is 0. The molecule has 0 fully saturated rings. The third-order valence-corrected chi connectivity index (χ3v) is 3.10. The number of halogens is 1. The van der Waals surface area contributed by atoms with Gasteiger partial charge in [-0.05, 0) is 23.6 Å². The van der Waals surface area contributed by atoms with E-state index in [1.54, 1.807) is 0 Å². The molecule has 2 N–H and O–H groups in total. The van der Waals surface area contributed by atoms with Gasteiger partial charge in [0.15, 0.2) is 0 Å². The summed E-state index contributed by atoms with van der Waals surface area (Å²) in [6.45, 7) is 4.29. The van der Waals surface area contributed by atoms with E-state index in [2.05, 4.69) is 15.9 Å². The Labute approximate surface area is 110 Å². The number of hydrogen-bond acceptors (Lipinski definition) is 3. The van der Waals surface area contributed by atoms with Crippen LogP contribution < -0.4 is 5.73 Å². The van der Waals surface area contributed by atoms with Crippen LogP contribution in [0.15, 0.2) is 28.7 Å². The van der Waals surface area contributed by atoms with E-state index in [0.29, 0.717) is 6.61 Å². The molecule has 0 aromatic heterocycles. The van der Waals surface area contributed by atoms with Crippen molar-refractivity contribution in [1.82, 2.24) is 0 Å². The highest BCUT2D eigenvalue weighted by molar-refractivity contribution is 9.10. The second-order valence-electron chi connectivity index (χ2n) is 4.40. The average Bonchev–Trinajstić information content (AvgIpc) is 2.28. The molecule has 17 heavy (non-hydrogen) atoms. The van der Waals surface area contributed by atoms with Crippen LogP contribution in [-0.4, -0.2) is 12.0 Å². The van der Waals surface area contributed by atoms with Crippen LogP contribution in [0.4, 0.5) is 0 Å². The molecule has 1 aromatic carbocycles. The smallest absolute Gasteiger partial charge is 0.307 e. The van der Waals surface area contributed by atoms with Crippen LogP contribution in [0.5, 0.6) is 0 Å². The van der Waals surface area contributed by atoms with Gasteiger partial charge in [0, 0.05) is 10.5 Å². The Morgan fingerprint density at radius 1 is 1.35 bits per heavy atom. The van der Waals surface area contributed by atoms with Crippen molar-refractivity contribution < 1.29 is 9.53 Å². The molecule has 0 aliphatic carbocycles. The maximum absolute atomic E-state index is 11.5. The maximum atomic E-state index is 11.5. The third-order valence-electron chi connectivity index (χ3n) is 2.57. The molecule has 94 valence electrons. The van der Waals surface area contributed by atoms with Gasteiger partial charge in [0.1, 0.15) is 6.61 Å². The van der Waals surface area contributed by atoms with Gasteiger partial charge in [0.25, 0.3) is 0 Å². The first-order chi connectivity index (χ1) is 7.99. The molecule has 1 aromatic rings. The SMILES string of the molecule is CC(C)C(N)CC(=O)OCc1ccc(Br)cc1. The molecule has 3 nitrogen and oxygen atoms in total. The minimum absolute atomic E-state index is 0.132. The summed E-state index contributed by atoms with van der Waals surface area (Å²) >= 11 is 3.35. The van der Waals surface area contributed by atoms with Gasteiger partial charge < -0.3 is 10.5 Å². The number of ether oxygens (including phenoxy) is 1. The van der Waals surface area contributed by atoms with Crippen molar-refractivity contribution in [2.75, 3.05) is 0 Å². The summed E-state index contributed by atoms with van der Waals surface area (Å²) in [7, 11) is 0. The van der Waals surface area contributed by atoms with Gasteiger partial charge in [0.05, 0.1) is 6.42 Å². The van der Waals surface area contributed by atoms with Gasteiger partial charge in [-0.15, -0.1) is 0 Å². The van der Waals surface area contributed by atoms with Gasteiger partial charge in [-0.3, -0.25) is 4.79 Å². The highest BCUT2D eigenvalue weighted by atomic mass is 79.9. The molecule has 0 saturated heterocycles. The molecule has 0 heterocycles. The second kappa shape index (κ2) is 6.77. The number of carbonyl (C=O) groups excluding carboxylic acids is 1. The van der Waals surface area contributed by atoms with Crippen LogP contribution >= 0.6 is 15.9 Å². The first-order valence-corrected chi connectivity index (χ1v) is 6.44. The minimum atomic E-state index is -0.242. The predicted molar refractivity (Wildman–Crippen MR) is 71.4 cm³/mol. The molecule has 0 aliphatic heterocycles. The second-order valence-corrected chi connectivity index (χ2v) is 5.31. The molecule has 0 amide bonds. The summed E-state index contributed by atoms with van der Waals surface area (Å²) in [6, 6.07) is 7.54. The molecule has 1 atom stereocenters. The van der Waals surface area contributed by atoms with Crippen LogP contribution in [0, 0.1) is 5.92 Å².